The summed E-state index contributed by atoms with van der Waals surface area (Å²) in [6.07, 6.45) is 4.41. The fourth-order valence-corrected chi connectivity index (χ4v) is 7.02. The van der Waals surface area contributed by atoms with Crippen LogP contribution in [0.1, 0.15) is 47.0 Å². The molecular formula is C22H25ClO6. The summed E-state index contributed by atoms with van der Waals surface area (Å²) in [6.45, 7) is 6.62. The van der Waals surface area contributed by atoms with E-state index in [1.54, 1.807) is 0 Å². The lowest BCUT2D eigenvalue weighted by molar-refractivity contribution is -0.187. The fraction of sp³-hybridized carbons (Fsp3) is 0.636. The van der Waals surface area contributed by atoms with Gasteiger partial charge in [-0.25, -0.2) is 4.79 Å². The Morgan fingerprint density at radius 1 is 1.24 bits per heavy atom. The number of hydrogen-bond acceptors (Lipinski definition) is 6. The van der Waals surface area contributed by atoms with Crippen LogP contribution in [0.25, 0.3) is 0 Å². The zero-order valence-electron chi connectivity index (χ0n) is 17.0. The zero-order chi connectivity index (χ0) is 21.4. The number of ketones is 2. The number of fused-ring (bicyclic) bond motifs is 5. The third kappa shape index (κ3) is 2.54. The first kappa shape index (κ1) is 20.3. The summed E-state index contributed by atoms with van der Waals surface area (Å²) in [5, 5.41) is 0.454. The van der Waals surface area contributed by atoms with Gasteiger partial charge in [-0.15, -0.1) is 0 Å². The van der Waals surface area contributed by atoms with Crippen LogP contribution in [0.5, 0.6) is 0 Å². The van der Waals surface area contributed by atoms with Crippen molar-refractivity contribution >= 4 is 35.1 Å². The van der Waals surface area contributed by atoms with Gasteiger partial charge in [0.1, 0.15) is 12.4 Å². The van der Waals surface area contributed by atoms with Gasteiger partial charge >= 0.3 is 11.9 Å². The molecule has 2 saturated carbocycles. The van der Waals surface area contributed by atoms with E-state index in [2.05, 4.69) is 0 Å². The molecule has 0 unspecified atom stereocenters. The third-order valence-electron chi connectivity index (χ3n) is 7.85. The SMILES string of the molecule is CC(=O)O[C@]1(C(C)=O)CC[C@H]2[C@@H]3C=C(Cl)C4=CC(=O)OC[C@]4(C)[C@H]3C(=O)C[C@@]21C. The van der Waals surface area contributed by atoms with Crippen molar-refractivity contribution in [1.82, 2.24) is 0 Å². The van der Waals surface area contributed by atoms with Gasteiger partial charge in [-0.3, -0.25) is 14.4 Å². The molecule has 2 fully saturated rings. The van der Waals surface area contributed by atoms with Crippen molar-refractivity contribution in [3.63, 3.8) is 0 Å². The van der Waals surface area contributed by atoms with Crippen molar-refractivity contribution in [2.24, 2.45) is 28.6 Å². The number of cyclic esters (lactones) is 1. The molecule has 6 atom stereocenters. The van der Waals surface area contributed by atoms with Crippen LogP contribution < -0.4 is 0 Å². The van der Waals surface area contributed by atoms with Gasteiger partial charge in [-0.1, -0.05) is 31.5 Å². The largest absolute Gasteiger partial charge is 0.462 e. The minimum absolute atomic E-state index is 0.0137. The Balaban J connectivity index is 1.85. The Bertz CT molecular complexity index is 903. The van der Waals surface area contributed by atoms with Crippen molar-refractivity contribution in [1.29, 1.82) is 0 Å². The molecule has 1 aliphatic heterocycles. The number of esters is 2. The predicted molar refractivity (Wildman–Crippen MR) is 104 cm³/mol. The summed E-state index contributed by atoms with van der Waals surface area (Å²) in [6, 6.07) is 0. The molecule has 0 aromatic rings. The lowest BCUT2D eigenvalue weighted by Gasteiger charge is -2.56. The van der Waals surface area contributed by atoms with Crippen LogP contribution in [0.2, 0.25) is 0 Å². The second kappa shape index (κ2) is 6.27. The van der Waals surface area contributed by atoms with Crippen molar-refractivity contribution in [3.8, 4) is 0 Å². The van der Waals surface area contributed by atoms with E-state index >= 15 is 0 Å². The molecular weight excluding hydrogens is 396 g/mol. The third-order valence-corrected chi connectivity index (χ3v) is 8.18. The van der Waals surface area contributed by atoms with E-state index in [4.69, 9.17) is 21.1 Å². The summed E-state index contributed by atoms with van der Waals surface area (Å²) in [4.78, 5) is 49.9. The lowest BCUT2D eigenvalue weighted by Crippen LogP contribution is -2.61. The molecule has 3 aliphatic carbocycles. The van der Waals surface area contributed by atoms with E-state index < -0.39 is 34.3 Å². The van der Waals surface area contributed by atoms with Gasteiger partial charge in [0.25, 0.3) is 0 Å². The monoisotopic (exact) mass is 420 g/mol. The van der Waals surface area contributed by atoms with Crippen LogP contribution in [0.15, 0.2) is 22.8 Å². The number of halogens is 1. The van der Waals surface area contributed by atoms with Crippen molar-refractivity contribution in [3.05, 3.63) is 22.8 Å². The van der Waals surface area contributed by atoms with Gasteiger partial charge in [0, 0.05) is 41.2 Å². The van der Waals surface area contributed by atoms with Crippen molar-refractivity contribution in [2.45, 2.75) is 52.6 Å². The smallest absolute Gasteiger partial charge is 0.331 e. The second-order valence-electron chi connectivity index (χ2n) is 9.34. The number of allylic oxidation sites excluding steroid dienone is 2. The van der Waals surface area contributed by atoms with Crippen LogP contribution >= 0.6 is 11.6 Å². The molecule has 7 heteroatoms. The Labute approximate surface area is 174 Å². The van der Waals surface area contributed by atoms with E-state index in [9.17, 15) is 19.2 Å². The molecule has 0 radical (unpaired) electrons. The van der Waals surface area contributed by atoms with Gasteiger partial charge in [0.2, 0.25) is 0 Å². The fourth-order valence-electron chi connectivity index (χ4n) is 6.61. The van der Waals surface area contributed by atoms with Gasteiger partial charge < -0.3 is 9.47 Å². The maximum atomic E-state index is 13.5. The van der Waals surface area contributed by atoms with Crippen LogP contribution in [-0.4, -0.2) is 35.7 Å². The molecule has 0 saturated heterocycles. The maximum absolute atomic E-state index is 13.5. The zero-order valence-corrected chi connectivity index (χ0v) is 17.8. The maximum Gasteiger partial charge on any atom is 0.331 e. The molecule has 0 aromatic carbocycles. The Morgan fingerprint density at radius 2 is 1.93 bits per heavy atom. The Kier molecular flexibility index (Phi) is 4.40. The molecule has 4 aliphatic rings. The molecule has 0 N–H and O–H groups in total. The molecule has 6 nitrogen and oxygen atoms in total. The van der Waals surface area contributed by atoms with Crippen LogP contribution in [0.3, 0.4) is 0 Å². The standard InChI is InChI=1S/C22H25ClO6/c1-11(24)22(29-12(2)25)6-5-14-13-7-16(23)15-8-18(27)28-10-20(15,3)19(13)17(26)9-21(14,22)4/h7-8,13-14,19H,5-6,9-10H2,1-4H3/t13-,14-,19+,20-,21-,22-/m0/s1. The number of ether oxygens (including phenoxy) is 2. The van der Waals surface area contributed by atoms with Crippen molar-refractivity contribution < 1.29 is 28.7 Å². The van der Waals surface area contributed by atoms with E-state index in [1.807, 2.05) is 19.9 Å². The summed E-state index contributed by atoms with van der Waals surface area (Å²) in [5.41, 5.74) is -2.17. The minimum atomic E-state index is -1.31. The molecule has 0 aromatic heterocycles. The summed E-state index contributed by atoms with van der Waals surface area (Å²) in [7, 11) is 0. The Hall–Kier alpha value is -1.95. The first-order valence-electron chi connectivity index (χ1n) is 9.96. The first-order valence-corrected chi connectivity index (χ1v) is 10.3. The number of carbonyl (C=O) groups excluding carboxylic acids is 4. The molecule has 0 bridgehead atoms. The highest BCUT2D eigenvalue weighted by molar-refractivity contribution is 6.32. The average Bonchev–Trinajstić information content (AvgIpc) is 2.89. The van der Waals surface area contributed by atoms with E-state index in [0.717, 1.165) is 0 Å². The normalized spacial score (nSPS) is 43.3. The van der Waals surface area contributed by atoms with Crippen LogP contribution in [-0.2, 0) is 28.7 Å². The minimum Gasteiger partial charge on any atom is -0.462 e. The second-order valence-corrected chi connectivity index (χ2v) is 9.74. The number of rotatable bonds is 2. The molecule has 1 heterocycles. The highest BCUT2D eigenvalue weighted by Gasteiger charge is 2.70. The number of hydrogen-bond donors (Lipinski definition) is 0. The number of Topliss-reactive ketones (excluding diaryl/α,β-unsaturated/α-hetero) is 2. The van der Waals surface area contributed by atoms with Crippen molar-refractivity contribution in [2.75, 3.05) is 6.61 Å². The lowest BCUT2D eigenvalue weighted by atomic mass is 9.48. The summed E-state index contributed by atoms with van der Waals surface area (Å²) < 4.78 is 10.9. The Morgan fingerprint density at radius 3 is 2.55 bits per heavy atom. The molecule has 156 valence electrons. The van der Waals surface area contributed by atoms with Gasteiger partial charge in [0.05, 0.1) is 0 Å². The van der Waals surface area contributed by atoms with Gasteiger partial charge in [-0.2, -0.15) is 0 Å². The van der Waals surface area contributed by atoms with Gasteiger partial charge in [-0.05, 0) is 37.2 Å². The quantitative estimate of drug-likeness (QED) is 0.638. The highest BCUT2D eigenvalue weighted by atomic mass is 35.5. The van der Waals surface area contributed by atoms with Crippen LogP contribution in [0, 0.1) is 28.6 Å². The van der Waals surface area contributed by atoms with Crippen LogP contribution in [0.4, 0.5) is 0 Å². The average molecular weight is 421 g/mol. The van der Waals surface area contributed by atoms with E-state index in [-0.39, 0.29) is 36.4 Å². The molecule has 4 rings (SSSR count). The van der Waals surface area contributed by atoms with E-state index in [1.165, 1.54) is 19.9 Å². The van der Waals surface area contributed by atoms with Gasteiger partial charge in [0.15, 0.2) is 11.4 Å². The first-order chi connectivity index (χ1) is 13.5. The summed E-state index contributed by atoms with van der Waals surface area (Å²) >= 11 is 6.59. The van der Waals surface area contributed by atoms with E-state index in [0.29, 0.717) is 23.4 Å². The predicted octanol–water partition coefficient (Wildman–Crippen LogP) is 3.12. The number of carbonyl (C=O) groups is 4. The molecule has 29 heavy (non-hydrogen) atoms. The summed E-state index contributed by atoms with van der Waals surface area (Å²) in [5.74, 6) is -1.90. The highest BCUT2D eigenvalue weighted by Crippen LogP contribution is 2.66. The molecule has 0 spiro atoms. The topological polar surface area (TPSA) is 86.7 Å². The molecule has 0 amide bonds.